The largest absolute Gasteiger partial charge is 0.462 e. The Balaban J connectivity index is 2.14. The van der Waals surface area contributed by atoms with E-state index >= 15 is 0 Å². The third-order valence-corrected chi connectivity index (χ3v) is 12.5. The molecule has 0 aliphatic carbocycles. The molecule has 0 bridgehead atoms. The maximum atomic E-state index is 13.9. The van der Waals surface area contributed by atoms with Crippen LogP contribution in [0.5, 0.6) is 0 Å². The first-order valence-electron chi connectivity index (χ1n) is 22.2. The normalized spacial score (nSPS) is 39.7. The molecule has 3 rings (SSSR count). The maximum absolute atomic E-state index is 13.9. The van der Waals surface area contributed by atoms with E-state index in [1.54, 1.807) is 39.8 Å². The molecule has 63 heavy (non-hydrogen) atoms. The number of hydrogen-bond acceptors (Lipinski definition) is 17. The lowest BCUT2D eigenvalue weighted by Gasteiger charge is -2.47. The molecule has 0 aromatic heterocycles. The van der Waals surface area contributed by atoms with Crippen LogP contribution in [0.4, 0.5) is 0 Å². The van der Waals surface area contributed by atoms with Gasteiger partial charge in [0.1, 0.15) is 37.1 Å². The van der Waals surface area contributed by atoms with Gasteiger partial charge in [-0.1, -0.05) is 43.7 Å². The zero-order valence-electron chi connectivity index (χ0n) is 39.5. The molecule has 2 saturated heterocycles. The molecule has 3 aliphatic heterocycles. The van der Waals surface area contributed by atoms with Crippen molar-refractivity contribution in [2.45, 2.75) is 166 Å². The van der Waals surface area contributed by atoms with Crippen molar-refractivity contribution in [2.75, 3.05) is 55.7 Å². The highest BCUT2D eigenvalue weighted by Gasteiger charge is 2.48. The standard InChI is InChI=1S/C46H78N2O15/c1-14-16-17-20-59-47-33-19-18-26(3)21-32(25-58-46-44(57-13)43(56-12)40(52)30(7)61-46)35(15-2)62-36(50)24-34(49)28(5)42(31(22-27(33)4)23-37(54-10)55-11)63-45-41(53)38(48(8)9)39(51)29(6)60-45/h1,18-19,21,27-32,34-35,37-46,49,51-53H,15-17,20,22-25H2,2-13H3/b19-18+,26-21+,47-33-/t27-,28+,29-,30-,31-,32-,34-,35-,38+,39-,40-,41-,42-,43-,44-,45+,46-/m1/s1. The summed E-state index contributed by atoms with van der Waals surface area (Å²) in [5, 5.41) is 49.9. The number of likely N-dealkylation sites (N-methyl/N-ethyl adjacent to an activating group) is 1. The van der Waals surface area contributed by atoms with Gasteiger partial charge < -0.3 is 72.8 Å². The van der Waals surface area contributed by atoms with Gasteiger partial charge in [-0.25, -0.2) is 0 Å². The summed E-state index contributed by atoms with van der Waals surface area (Å²) in [5.41, 5.74) is 1.42. The summed E-state index contributed by atoms with van der Waals surface area (Å²) in [6.45, 7) is 11.4. The fourth-order valence-corrected chi connectivity index (χ4v) is 8.66. The number of nitrogens with zero attached hydrogens (tertiary/aromatic N) is 2. The van der Waals surface area contributed by atoms with Gasteiger partial charge in [0.25, 0.3) is 0 Å². The quantitative estimate of drug-likeness (QED) is 0.0544. The van der Waals surface area contributed by atoms with E-state index in [2.05, 4.69) is 11.1 Å². The van der Waals surface area contributed by atoms with Crippen LogP contribution in [-0.2, 0) is 52.3 Å². The molecule has 17 nitrogen and oxygen atoms in total. The van der Waals surface area contributed by atoms with Gasteiger partial charge in [0.05, 0.1) is 55.3 Å². The number of esters is 1. The van der Waals surface area contributed by atoms with Crippen molar-refractivity contribution in [1.29, 1.82) is 0 Å². The van der Waals surface area contributed by atoms with Gasteiger partial charge in [0.15, 0.2) is 18.9 Å². The van der Waals surface area contributed by atoms with E-state index in [4.69, 9.17) is 53.9 Å². The van der Waals surface area contributed by atoms with E-state index in [1.807, 2.05) is 39.0 Å². The predicted octanol–water partition coefficient (Wildman–Crippen LogP) is 3.20. The zero-order chi connectivity index (χ0) is 47.0. The number of ether oxygens (including phenoxy) is 9. The summed E-state index contributed by atoms with van der Waals surface area (Å²) in [5.74, 6) is 0.00588. The van der Waals surface area contributed by atoms with Crippen molar-refractivity contribution < 1.29 is 72.7 Å². The number of terminal acetylenes is 1. The topological polar surface area (TPSA) is 206 Å². The Kier molecular flexibility index (Phi) is 23.6. The van der Waals surface area contributed by atoms with Gasteiger partial charge >= 0.3 is 5.97 Å². The molecular formula is C46H78N2O15. The first-order chi connectivity index (χ1) is 30.0. The van der Waals surface area contributed by atoms with E-state index in [1.165, 1.54) is 28.4 Å². The fourth-order valence-electron chi connectivity index (χ4n) is 8.66. The van der Waals surface area contributed by atoms with E-state index < -0.39 is 110 Å². The maximum Gasteiger partial charge on any atom is 0.308 e. The number of carbonyl (C=O) groups is 1. The van der Waals surface area contributed by atoms with E-state index in [0.717, 1.165) is 5.57 Å². The Hall–Kier alpha value is -2.54. The zero-order valence-corrected chi connectivity index (χ0v) is 39.5. The number of rotatable bonds is 17. The predicted molar refractivity (Wildman–Crippen MR) is 234 cm³/mol. The lowest BCUT2D eigenvalue weighted by atomic mass is 9.79. The number of allylic oxidation sites excluding steroid dienone is 3. The fraction of sp³-hybridized carbons (Fsp3) is 0.826. The average Bonchev–Trinajstić information content (AvgIpc) is 3.24. The third kappa shape index (κ3) is 15.5. The summed E-state index contributed by atoms with van der Waals surface area (Å²) in [6.07, 6.45) is 1.45. The van der Waals surface area contributed by atoms with Crippen molar-refractivity contribution in [3.8, 4) is 12.3 Å². The Morgan fingerprint density at radius 3 is 2.17 bits per heavy atom. The molecule has 0 radical (unpaired) electrons. The van der Waals surface area contributed by atoms with E-state index in [9.17, 15) is 25.2 Å². The van der Waals surface area contributed by atoms with Crippen LogP contribution in [0, 0.1) is 36.0 Å². The van der Waals surface area contributed by atoms with Crippen LogP contribution in [0.3, 0.4) is 0 Å². The molecule has 0 saturated carbocycles. The number of hydrogen-bond donors (Lipinski definition) is 4. The van der Waals surface area contributed by atoms with Crippen LogP contribution >= 0.6 is 0 Å². The Bertz CT molecular complexity index is 1490. The van der Waals surface area contributed by atoms with Crippen LogP contribution < -0.4 is 0 Å². The molecule has 17 atom stereocenters. The molecule has 3 heterocycles. The number of aliphatic hydroxyl groups excluding tert-OH is 4. The molecule has 362 valence electrons. The van der Waals surface area contributed by atoms with Gasteiger partial charge in [-0.2, -0.15) is 0 Å². The molecule has 0 amide bonds. The minimum Gasteiger partial charge on any atom is -0.462 e. The van der Waals surface area contributed by atoms with Crippen LogP contribution in [0.1, 0.15) is 80.1 Å². The minimum absolute atomic E-state index is 0.0396. The van der Waals surface area contributed by atoms with Crippen molar-refractivity contribution in [1.82, 2.24) is 4.90 Å². The Morgan fingerprint density at radius 1 is 0.921 bits per heavy atom. The van der Waals surface area contributed by atoms with Gasteiger partial charge in [-0.05, 0) is 66.1 Å². The molecule has 0 spiro atoms. The first-order valence-corrected chi connectivity index (χ1v) is 22.2. The molecule has 0 aromatic rings. The highest BCUT2D eigenvalue weighted by Crippen LogP contribution is 2.36. The van der Waals surface area contributed by atoms with Crippen LogP contribution in [0.15, 0.2) is 29.0 Å². The van der Waals surface area contributed by atoms with Crippen LogP contribution in [0.2, 0.25) is 0 Å². The summed E-state index contributed by atoms with van der Waals surface area (Å²) in [4.78, 5) is 21.4. The second-order valence-corrected chi connectivity index (χ2v) is 17.3. The number of methoxy groups -OCH3 is 4. The molecule has 4 N–H and O–H groups in total. The smallest absolute Gasteiger partial charge is 0.308 e. The summed E-state index contributed by atoms with van der Waals surface area (Å²) in [7, 11) is 9.56. The number of carbonyl (C=O) groups excluding carboxylic acids is 1. The molecular weight excluding hydrogens is 821 g/mol. The van der Waals surface area contributed by atoms with E-state index in [-0.39, 0.29) is 25.4 Å². The van der Waals surface area contributed by atoms with Crippen molar-refractivity contribution >= 4 is 11.7 Å². The SMILES string of the molecule is C#CCCCO/N=C1/C=C/C(C)=C/[C@H](CO[C@@H]2O[C@H](C)[C@@H](O)[C@@H](OC)[C@H]2OC)[C@@H](CC)OC(=O)C[C@@H](O)[C@H](C)[C@@H](O[C@@H]2O[C@H](C)[C@@H](O)[C@H](N(C)C)[C@H]2O)[C@@H](CC(OC)OC)C[C@H]1C. The molecule has 2 fully saturated rings. The van der Waals surface area contributed by atoms with Crippen molar-refractivity contribution in [3.63, 3.8) is 0 Å². The number of unbranched alkanes of at least 4 members (excludes halogenated alkanes) is 1. The van der Waals surface area contributed by atoms with Crippen molar-refractivity contribution in [2.24, 2.45) is 28.8 Å². The summed E-state index contributed by atoms with van der Waals surface area (Å²) < 4.78 is 54.1. The van der Waals surface area contributed by atoms with Gasteiger partial charge in [0.2, 0.25) is 0 Å². The first kappa shape index (κ1) is 54.8. The lowest BCUT2D eigenvalue weighted by molar-refractivity contribution is -0.305. The van der Waals surface area contributed by atoms with Gasteiger partial charge in [-0.15, -0.1) is 12.3 Å². The Labute approximate surface area is 375 Å². The summed E-state index contributed by atoms with van der Waals surface area (Å²) >= 11 is 0. The second kappa shape index (κ2) is 27.2. The van der Waals surface area contributed by atoms with Crippen LogP contribution in [0.25, 0.3) is 0 Å². The number of aliphatic hydroxyl groups is 4. The average molecular weight is 899 g/mol. The second-order valence-electron chi connectivity index (χ2n) is 17.3. The van der Waals surface area contributed by atoms with Crippen molar-refractivity contribution in [3.05, 3.63) is 23.8 Å². The van der Waals surface area contributed by atoms with E-state index in [0.29, 0.717) is 38.0 Å². The molecule has 17 heteroatoms. The third-order valence-electron chi connectivity index (χ3n) is 12.5. The Morgan fingerprint density at radius 2 is 1.57 bits per heavy atom. The molecule has 0 aromatic carbocycles. The summed E-state index contributed by atoms with van der Waals surface area (Å²) in [6, 6.07) is -0.723. The highest BCUT2D eigenvalue weighted by atomic mass is 16.7. The molecule has 0 unspecified atom stereocenters. The highest BCUT2D eigenvalue weighted by molar-refractivity contribution is 5.96. The van der Waals surface area contributed by atoms with Gasteiger partial charge in [0, 0.05) is 59.0 Å². The van der Waals surface area contributed by atoms with Crippen LogP contribution in [-0.4, -0.2) is 179 Å². The minimum atomic E-state index is -1.28. The van der Waals surface area contributed by atoms with Gasteiger partial charge in [-0.3, -0.25) is 4.79 Å². The number of cyclic esters (lactones) is 1. The molecule has 3 aliphatic rings. The number of oxime groups is 1. The monoisotopic (exact) mass is 899 g/mol. The lowest BCUT2D eigenvalue weighted by Crippen LogP contribution is -2.63.